The average Bonchev–Trinajstić information content (AvgIpc) is 3.50. The van der Waals surface area contributed by atoms with E-state index in [-0.39, 0.29) is 25.7 Å². The van der Waals surface area contributed by atoms with Gasteiger partial charge in [-0.1, -0.05) is 267 Å². The number of hydrogen-bond acceptors (Lipinski definition) is 15. The minimum absolute atomic E-state index is 0.101. The second-order valence-electron chi connectivity index (χ2n) is 25.5. The molecule has 504 valence electrons. The maximum absolute atomic E-state index is 13.0. The Morgan fingerprint density at radius 2 is 0.565 bits per heavy atom. The van der Waals surface area contributed by atoms with E-state index in [1.807, 2.05) is 0 Å². The Hall–Kier alpha value is -1.94. The van der Waals surface area contributed by atoms with Gasteiger partial charge in [-0.25, -0.2) is 9.13 Å². The van der Waals surface area contributed by atoms with Gasteiger partial charge in [0.2, 0.25) is 0 Å². The van der Waals surface area contributed by atoms with Crippen LogP contribution in [-0.4, -0.2) is 96.7 Å². The Labute approximate surface area is 517 Å². The van der Waals surface area contributed by atoms with Crippen molar-refractivity contribution in [2.45, 2.75) is 337 Å². The lowest BCUT2D eigenvalue weighted by Gasteiger charge is -2.21. The fourth-order valence-corrected chi connectivity index (χ4v) is 11.3. The van der Waals surface area contributed by atoms with E-state index in [2.05, 4.69) is 55.4 Å². The molecule has 0 saturated heterocycles. The number of esters is 4. The lowest BCUT2D eigenvalue weighted by molar-refractivity contribution is -0.161. The summed E-state index contributed by atoms with van der Waals surface area (Å²) in [6.45, 7) is 14.0. The molecule has 3 N–H and O–H groups in total. The number of hydrogen-bond donors (Lipinski definition) is 3. The normalized spacial score (nSPS) is 14.7. The number of rotatable bonds is 63. The molecular formula is C66H128O17P2. The summed E-state index contributed by atoms with van der Waals surface area (Å²) in [7, 11) is -9.89. The first-order chi connectivity index (χ1) is 40.6. The molecule has 0 aliphatic rings. The number of carbonyl (C=O) groups excluding carboxylic acids is 4. The molecule has 85 heavy (non-hydrogen) atoms. The monoisotopic (exact) mass is 1250 g/mol. The first kappa shape index (κ1) is 83.1. The fraction of sp³-hybridized carbons (Fsp3) is 0.939. The van der Waals surface area contributed by atoms with Gasteiger partial charge >= 0.3 is 39.5 Å². The third-order valence-corrected chi connectivity index (χ3v) is 17.3. The van der Waals surface area contributed by atoms with E-state index < -0.39 is 97.5 Å². The molecule has 0 aliphatic heterocycles. The molecule has 0 heterocycles. The number of phosphoric ester groups is 2. The molecule has 17 nitrogen and oxygen atoms in total. The minimum atomic E-state index is -4.95. The van der Waals surface area contributed by atoms with Crippen LogP contribution in [0.3, 0.4) is 0 Å². The number of aliphatic hydroxyl groups excluding tert-OH is 1. The van der Waals surface area contributed by atoms with Gasteiger partial charge < -0.3 is 33.8 Å². The van der Waals surface area contributed by atoms with Gasteiger partial charge in [0.25, 0.3) is 0 Å². The fourth-order valence-electron chi connectivity index (χ4n) is 9.75. The average molecular weight is 1260 g/mol. The molecule has 6 atom stereocenters. The quantitative estimate of drug-likeness (QED) is 0.0222. The third kappa shape index (κ3) is 59.5. The Morgan fingerprint density at radius 1 is 0.329 bits per heavy atom. The van der Waals surface area contributed by atoms with Crippen molar-refractivity contribution in [2.75, 3.05) is 39.6 Å². The predicted molar refractivity (Wildman–Crippen MR) is 340 cm³/mol. The second-order valence-corrected chi connectivity index (χ2v) is 28.4. The van der Waals surface area contributed by atoms with E-state index in [0.29, 0.717) is 31.6 Å². The molecule has 0 bridgehead atoms. The van der Waals surface area contributed by atoms with Crippen molar-refractivity contribution in [1.82, 2.24) is 0 Å². The van der Waals surface area contributed by atoms with Gasteiger partial charge in [-0.15, -0.1) is 0 Å². The summed E-state index contributed by atoms with van der Waals surface area (Å²) in [4.78, 5) is 72.3. The predicted octanol–water partition coefficient (Wildman–Crippen LogP) is 18.1. The lowest BCUT2D eigenvalue weighted by Crippen LogP contribution is -2.30. The van der Waals surface area contributed by atoms with Crippen LogP contribution < -0.4 is 0 Å². The van der Waals surface area contributed by atoms with Crippen LogP contribution in [0, 0.1) is 23.7 Å². The zero-order valence-electron chi connectivity index (χ0n) is 55.2. The Morgan fingerprint density at radius 3 is 0.835 bits per heavy atom. The van der Waals surface area contributed by atoms with E-state index in [4.69, 9.17) is 37.0 Å². The van der Waals surface area contributed by atoms with Crippen molar-refractivity contribution in [2.24, 2.45) is 23.7 Å². The van der Waals surface area contributed by atoms with Crippen LogP contribution in [0.5, 0.6) is 0 Å². The molecule has 3 unspecified atom stereocenters. The van der Waals surface area contributed by atoms with Crippen LogP contribution in [0.2, 0.25) is 0 Å². The molecule has 0 saturated carbocycles. The topological polar surface area (TPSA) is 237 Å². The van der Waals surface area contributed by atoms with E-state index >= 15 is 0 Å². The van der Waals surface area contributed by atoms with Crippen LogP contribution in [0.1, 0.15) is 319 Å². The van der Waals surface area contributed by atoms with E-state index in [1.165, 1.54) is 116 Å². The summed E-state index contributed by atoms with van der Waals surface area (Å²) in [5.74, 6) is 0.767. The highest BCUT2D eigenvalue weighted by Crippen LogP contribution is 2.45. The summed E-state index contributed by atoms with van der Waals surface area (Å²) in [5.41, 5.74) is 0. The molecule has 0 aromatic carbocycles. The Balaban J connectivity index is 5.23. The third-order valence-electron chi connectivity index (χ3n) is 15.4. The molecule has 0 aromatic rings. The van der Waals surface area contributed by atoms with Gasteiger partial charge in [0.05, 0.1) is 26.4 Å². The highest BCUT2D eigenvalue weighted by molar-refractivity contribution is 7.47. The van der Waals surface area contributed by atoms with Gasteiger partial charge in [0, 0.05) is 25.7 Å². The van der Waals surface area contributed by atoms with Crippen LogP contribution in [-0.2, 0) is 65.4 Å². The first-order valence-electron chi connectivity index (χ1n) is 34.2. The van der Waals surface area contributed by atoms with Crippen molar-refractivity contribution in [3.8, 4) is 0 Å². The molecule has 19 heteroatoms. The summed E-state index contributed by atoms with van der Waals surface area (Å²) in [6.07, 6.45) is 36.4. The van der Waals surface area contributed by atoms with Gasteiger partial charge in [-0.3, -0.25) is 37.3 Å². The van der Waals surface area contributed by atoms with Gasteiger partial charge in [0.1, 0.15) is 19.3 Å². The summed E-state index contributed by atoms with van der Waals surface area (Å²) in [5, 5.41) is 10.5. The van der Waals surface area contributed by atoms with E-state index in [1.54, 1.807) is 0 Å². The summed E-state index contributed by atoms with van der Waals surface area (Å²) in [6, 6.07) is 0. The number of carbonyl (C=O) groups is 4. The minimum Gasteiger partial charge on any atom is -0.462 e. The molecule has 0 amide bonds. The van der Waals surface area contributed by atoms with Crippen molar-refractivity contribution in [3.63, 3.8) is 0 Å². The molecule has 0 radical (unpaired) electrons. The Kier molecular flexibility index (Phi) is 54.8. The standard InChI is InChI=1S/C66H128O17P2/c1-9-59(8)45-37-29-23-25-31-39-47-64(69)77-53-61(82-65(70)48-40-32-21-17-13-15-19-27-35-43-57(4)5)54-80-84(72,73)78-50-60(67)51-79-85(74,75)81-55-62(83-66(71)49-41-33-24-22-28-36-44-58(6)7)52-76-63(68)46-38-30-20-16-12-10-11-14-18-26-34-42-56(2)3/h56-62,67H,9-55H2,1-8H3,(H,72,73)(H,74,75)/t59?,60-,61+,62+/m0/s1. The van der Waals surface area contributed by atoms with Crippen LogP contribution in [0.4, 0.5) is 0 Å². The van der Waals surface area contributed by atoms with Crippen LogP contribution >= 0.6 is 15.6 Å². The lowest BCUT2D eigenvalue weighted by atomic mass is 10.00. The van der Waals surface area contributed by atoms with Crippen LogP contribution in [0.25, 0.3) is 0 Å². The van der Waals surface area contributed by atoms with Crippen molar-refractivity contribution in [3.05, 3.63) is 0 Å². The molecule has 0 rings (SSSR count). The van der Waals surface area contributed by atoms with Crippen molar-refractivity contribution < 1.29 is 80.2 Å². The van der Waals surface area contributed by atoms with Crippen molar-refractivity contribution >= 4 is 39.5 Å². The van der Waals surface area contributed by atoms with E-state index in [0.717, 1.165) is 114 Å². The van der Waals surface area contributed by atoms with E-state index in [9.17, 15) is 43.2 Å². The molecule has 0 fully saturated rings. The maximum Gasteiger partial charge on any atom is 0.472 e. The molecule has 0 spiro atoms. The number of aliphatic hydroxyl groups is 1. The zero-order chi connectivity index (χ0) is 63.2. The maximum atomic E-state index is 13.0. The largest absolute Gasteiger partial charge is 0.472 e. The molecular weight excluding hydrogens is 1130 g/mol. The Bertz CT molecular complexity index is 1700. The summed E-state index contributed by atoms with van der Waals surface area (Å²) < 4.78 is 68.0. The highest BCUT2D eigenvalue weighted by Gasteiger charge is 2.30. The number of ether oxygens (including phenoxy) is 4. The smallest absolute Gasteiger partial charge is 0.462 e. The van der Waals surface area contributed by atoms with Gasteiger partial charge in [-0.05, 0) is 49.4 Å². The van der Waals surface area contributed by atoms with Crippen molar-refractivity contribution in [1.29, 1.82) is 0 Å². The highest BCUT2D eigenvalue weighted by atomic mass is 31.2. The number of phosphoric acid groups is 2. The van der Waals surface area contributed by atoms with Gasteiger partial charge in [-0.2, -0.15) is 0 Å². The molecule has 0 aliphatic carbocycles. The zero-order valence-corrected chi connectivity index (χ0v) is 57.0. The summed E-state index contributed by atoms with van der Waals surface area (Å²) >= 11 is 0. The van der Waals surface area contributed by atoms with Gasteiger partial charge in [0.15, 0.2) is 12.2 Å². The first-order valence-corrected chi connectivity index (χ1v) is 37.2. The second kappa shape index (κ2) is 56.1. The van der Waals surface area contributed by atoms with Crippen LogP contribution in [0.15, 0.2) is 0 Å². The SMILES string of the molecule is CCC(C)CCCCCCCCC(=O)OC[C@H](COP(=O)(O)OC[C@H](O)COP(=O)(O)OC[C@@H](COC(=O)CCCCCCCCCCCCCC(C)C)OC(=O)CCCCCCCCC(C)C)OC(=O)CCCCCCCCCCCC(C)C. The number of unbranched alkanes of at least 4 members (excludes halogenated alkanes) is 28. The molecule has 0 aromatic heterocycles.